The smallest absolute Gasteiger partial charge is 0.230 e. The number of carbonyl (C=O) groups is 1. The first-order valence-corrected chi connectivity index (χ1v) is 10.1. The number of nitrogens with zero attached hydrogens (tertiary/aromatic N) is 2. The van der Waals surface area contributed by atoms with Crippen molar-refractivity contribution in [3.8, 4) is 6.07 Å². The average molecular weight is 366 g/mol. The molecule has 0 spiro atoms. The lowest BCUT2D eigenvalue weighted by Gasteiger charge is -2.10. The summed E-state index contributed by atoms with van der Waals surface area (Å²) in [6, 6.07) is 14.3. The summed E-state index contributed by atoms with van der Waals surface area (Å²) in [5, 5.41) is 13.0. The van der Waals surface area contributed by atoms with Gasteiger partial charge in [-0.1, -0.05) is 48.5 Å². The van der Waals surface area contributed by atoms with Crippen molar-refractivity contribution in [1.82, 2.24) is 10.3 Å². The molecule has 1 aliphatic rings. The number of aromatic nitrogens is 1. The van der Waals surface area contributed by atoms with Crippen LogP contribution >= 0.6 is 11.8 Å². The van der Waals surface area contributed by atoms with Gasteiger partial charge in [0.2, 0.25) is 5.91 Å². The monoisotopic (exact) mass is 365 g/mol. The molecule has 5 heteroatoms. The van der Waals surface area contributed by atoms with Crippen LogP contribution in [0.3, 0.4) is 0 Å². The van der Waals surface area contributed by atoms with E-state index in [0.717, 1.165) is 37.8 Å². The molecule has 0 saturated heterocycles. The minimum Gasteiger partial charge on any atom is -0.355 e. The Labute approximate surface area is 159 Å². The van der Waals surface area contributed by atoms with E-state index in [1.54, 1.807) is 0 Å². The summed E-state index contributed by atoms with van der Waals surface area (Å²) in [4.78, 5) is 16.8. The first kappa shape index (κ1) is 18.5. The Kier molecular flexibility index (Phi) is 6.68. The number of aryl methyl sites for hydroxylation is 2. The van der Waals surface area contributed by atoms with Gasteiger partial charge in [0.15, 0.2) is 0 Å². The molecule has 1 aliphatic carbocycles. The van der Waals surface area contributed by atoms with Crippen LogP contribution in [0.1, 0.15) is 41.6 Å². The quantitative estimate of drug-likeness (QED) is 0.626. The maximum atomic E-state index is 12.1. The number of thioether (sulfide) groups is 1. The van der Waals surface area contributed by atoms with Crippen LogP contribution in [-0.4, -0.2) is 23.2 Å². The molecule has 134 valence electrons. The molecular formula is C21H23N3OS. The van der Waals surface area contributed by atoms with Crippen molar-refractivity contribution >= 4 is 17.7 Å². The summed E-state index contributed by atoms with van der Waals surface area (Å²) in [7, 11) is 0. The van der Waals surface area contributed by atoms with Crippen LogP contribution in [0, 0.1) is 11.3 Å². The van der Waals surface area contributed by atoms with Gasteiger partial charge in [-0.15, -0.1) is 0 Å². The number of nitriles is 1. The Morgan fingerprint density at radius 2 is 2.00 bits per heavy atom. The summed E-state index contributed by atoms with van der Waals surface area (Å²) in [6.45, 7) is 0.617. The number of hydrogen-bond acceptors (Lipinski definition) is 4. The Morgan fingerprint density at radius 3 is 2.81 bits per heavy atom. The highest BCUT2D eigenvalue weighted by molar-refractivity contribution is 8.00. The van der Waals surface area contributed by atoms with Crippen molar-refractivity contribution in [1.29, 1.82) is 5.26 Å². The standard InChI is InChI=1S/C21H23N3OS/c22-14-18-13-17-9-5-2-6-10-19(17)24-21(18)26-15-20(25)23-12-11-16-7-3-1-4-8-16/h1,3-4,7-8,13H,2,5-6,9-12,15H2,(H,23,25). The highest BCUT2D eigenvalue weighted by atomic mass is 32.2. The van der Waals surface area contributed by atoms with Crippen molar-refractivity contribution in [3.63, 3.8) is 0 Å². The fourth-order valence-electron chi connectivity index (χ4n) is 3.16. The van der Waals surface area contributed by atoms with Crippen LogP contribution in [0.25, 0.3) is 0 Å². The Morgan fingerprint density at radius 1 is 1.19 bits per heavy atom. The number of pyridine rings is 1. The zero-order valence-electron chi connectivity index (χ0n) is 14.8. The van der Waals surface area contributed by atoms with E-state index in [2.05, 4.69) is 23.5 Å². The van der Waals surface area contributed by atoms with Crippen LogP contribution < -0.4 is 5.32 Å². The van der Waals surface area contributed by atoms with E-state index < -0.39 is 0 Å². The van der Waals surface area contributed by atoms with Crippen molar-refractivity contribution < 1.29 is 4.79 Å². The second-order valence-corrected chi connectivity index (χ2v) is 7.46. The van der Waals surface area contributed by atoms with Crippen LogP contribution in [0.15, 0.2) is 41.4 Å². The van der Waals surface area contributed by atoms with Crippen LogP contribution in [0.5, 0.6) is 0 Å². The van der Waals surface area contributed by atoms with Gasteiger partial charge in [0.1, 0.15) is 11.1 Å². The summed E-state index contributed by atoms with van der Waals surface area (Å²) in [5.41, 5.74) is 4.11. The molecule has 0 aliphatic heterocycles. The lowest BCUT2D eigenvalue weighted by molar-refractivity contribution is -0.118. The fraction of sp³-hybridized carbons (Fsp3) is 0.381. The maximum Gasteiger partial charge on any atom is 0.230 e. The molecule has 3 rings (SSSR count). The van der Waals surface area contributed by atoms with E-state index in [-0.39, 0.29) is 11.7 Å². The third kappa shape index (κ3) is 5.09. The third-order valence-corrected chi connectivity index (χ3v) is 5.55. The van der Waals surface area contributed by atoms with Crippen LogP contribution in [0.4, 0.5) is 0 Å². The van der Waals surface area contributed by atoms with Gasteiger partial charge < -0.3 is 5.32 Å². The van der Waals surface area contributed by atoms with Crippen molar-refractivity contribution in [2.45, 2.75) is 43.6 Å². The molecule has 1 aromatic heterocycles. The Balaban J connectivity index is 1.54. The largest absolute Gasteiger partial charge is 0.355 e. The maximum absolute atomic E-state index is 12.1. The predicted molar refractivity (Wildman–Crippen MR) is 104 cm³/mol. The number of fused-ring (bicyclic) bond motifs is 1. The molecule has 0 atom stereocenters. The van der Waals surface area contributed by atoms with Gasteiger partial charge in [-0.25, -0.2) is 4.98 Å². The molecule has 1 amide bonds. The molecule has 1 aromatic carbocycles. The fourth-order valence-corrected chi connectivity index (χ4v) is 3.96. The first-order chi connectivity index (χ1) is 12.8. The van der Waals surface area contributed by atoms with E-state index in [9.17, 15) is 10.1 Å². The van der Waals surface area contributed by atoms with E-state index in [1.807, 2.05) is 24.3 Å². The number of benzene rings is 1. The van der Waals surface area contributed by atoms with E-state index >= 15 is 0 Å². The molecule has 2 aromatic rings. The van der Waals surface area contributed by atoms with Crippen LogP contribution in [0.2, 0.25) is 0 Å². The number of amides is 1. The second-order valence-electron chi connectivity index (χ2n) is 6.49. The van der Waals surface area contributed by atoms with Crippen molar-refractivity contribution in [2.75, 3.05) is 12.3 Å². The first-order valence-electron chi connectivity index (χ1n) is 9.12. The third-order valence-electron chi connectivity index (χ3n) is 4.55. The molecule has 0 bridgehead atoms. The van der Waals surface area contributed by atoms with E-state index in [0.29, 0.717) is 17.1 Å². The number of rotatable bonds is 6. The van der Waals surface area contributed by atoms with E-state index in [1.165, 1.54) is 29.3 Å². The molecule has 1 heterocycles. The highest BCUT2D eigenvalue weighted by Crippen LogP contribution is 2.26. The zero-order chi connectivity index (χ0) is 18.2. The summed E-state index contributed by atoms with van der Waals surface area (Å²) in [5.74, 6) is 0.265. The van der Waals surface area contributed by atoms with Gasteiger partial charge in [0.05, 0.1) is 11.3 Å². The van der Waals surface area contributed by atoms with Gasteiger partial charge in [-0.3, -0.25) is 4.79 Å². The minimum atomic E-state index is -0.0217. The Hall–Kier alpha value is -2.32. The van der Waals surface area contributed by atoms with Crippen molar-refractivity contribution in [3.05, 3.63) is 58.8 Å². The molecule has 1 N–H and O–H groups in total. The molecular weight excluding hydrogens is 342 g/mol. The minimum absolute atomic E-state index is 0.0217. The van der Waals surface area contributed by atoms with Crippen LogP contribution in [-0.2, 0) is 24.1 Å². The second kappa shape index (κ2) is 9.40. The topological polar surface area (TPSA) is 65.8 Å². The molecule has 0 unspecified atom stereocenters. The number of hydrogen-bond donors (Lipinski definition) is 1. The lowest BCUT2D eigenvalue weighted by Crippen LogP contribution is -2.27. The Bertz CT molecular complexity index is 799. The lowest BCUT2D eigenvalue weighted by atomic mass is 10.1. The number of nitrogens with one attached hydrogen (secondary N) is 1. The highest BCUT2D eigenvalue weighted by Gasteiger charge is 2.15. The molecule has 0 fully saturated rings. The zero-order valence-corrected chi connectivity index (χ0v) is 15.6. The molecule has 0 radical (unpaired) electrons. The number of carbonyl (C=O) groups excluding carboxylic acids is 1. The summed E-state index contributed by atoms with van der Waals surface area (Å²) >= 11 is 1.36. The van der Waals surface area contributed by atoms with Gasteiger partial charge in [-0.05, 0) is 49.3 Å². The van der Waals surface area contributed by atoms with E-state index in [4.69, 9.17) is 4.98 Å². The predicted octanol–water partition coefficient (Wildman–Crippen LogP) is 3.67. The van der Waals surface area contributed by atoms with Gasteiger partial charge in [-0.2, -0.15) is 5.26 Å². The van der Waals surface area contributed by atoms with Gasteiger partial charge >= 0.3 is 0 Å². The van der Waals surface area contributed by atoms with Gasteiger partial charge in [0, 0.05) is 12.2 Å². The van der Waals surface area contributed by atoms with Crippen molar-refractivity contribution in [2.24, 2.45) is 0 Å². The summed E-state index contributed by atoms with van der Waals surface area (Å²) in [6.07, 6.45) is 6.31. The normalized spacial score (nSPS) is 13.3. The molecule has 26 heavy (non-hydrogen) atoms. The molecule has 4 nitrogen and oxygen atoms in total. The average Bonchev–Trinajstić information content (AvgIpc) is 2.91. The SMILES string of the molecule is N#Cc1cc2c(nc1SCC(=O)NCCc1ccccc1)CCCCC2. The molecule has 0 saturated carbocycles. The summed E-state index contributed by atoms with van der Waals surface area (Å²) < 4.78 is 0. The van der Waals surface area contributed by atoms with Gasteiger partial charge in [0.25, 0.3) is 0 Å².